The van der Waals surface area contributed by atoms with Crippen molar-refractivity contribution >= 4 is 0 Å². The third kappa shape index (κ3) is 6.49. The predicted octanol–water partition coefficient (Wildman–Crippen LogP) is 5.99. The predicted molar refractivity (Wildman–Crippen MR) is 89.9 cm³/mol. The topological polar surface area (TPSA) is 9.23 Å². The molecule has 0 N–H and O–H groups in total. The average Bonchev–Trinajstić information content (AvgIpc) is 2.62. The molecule has 124 valence electrons. The van der Waals surface area contributed by atoms with E-state index >= 15 is 0 Å². The van der Waals surface area contributed by atoms with Gasteiger partial charge in [-0.3, -0.25) is 0 Å². The van der Waals surface area contributed by atoms with E-state index in [2.05, 4.69) is 0 Å². The Morgan fingerprint density at radius 1 is 0.652 bits per heavy atom. The fraction of sp³-hybridized carbons (Fsp3) is 0.400. The lowest BCUT2D eigenvalue weighted by Crippen LogP contribution is -2.01. The summed E-state index contributed by atoms with van der Waals surface area (Å²) in [6.45, 7) is 1.05. The van der Waals surface area contributed by atoms with Crippen LogP contribution < -0.4 is 0 Å². The van der Waals surface area contributed by atoms with Crippen LogP contribution in [0.25, 0.3) is 0 Å². The molecule has 2 aromatic carbocycles. The summed E-state index contributed by atoms with van der Waals surface area (Å²) >= 11 is 0. The quantitative estimate of drug-likeness (QED) is 0.489. The maximum atomic E-state index is 13.9. The molecular formula is C20H24F2O. The highest BCUT2D eigenvalue weighted by Crippen LogP contribution is 2.23. The zero-order chi connectivity index (χ0) is 16.3. The Morgan fingerprint density at radius 2 is 1.04 bits per heavy atom. The normalized spacial score (nSPS) is 13.7. The van der Waals surface area contributed by atoms with E-state index in [9.17, 15) is 8.78 Å². The van der Waals surface area contributed by atoms with Gasteiger partial charge in [-0.05, 0) is 36.8 Å². The lowest BCUT2D eigenvalue weighted by molar-refractivity contribution is 0.114. The molecule has 2 rings (SSSR count). The van der Waals surface area contributed by atoms with Gasteiger partial charge in [0.05, 0.1) is 0 Å². The molecular weight excluding hydrogens is 294 g/mol. The van der Waals surface area contributed by atoms with Crippen molar-refractivity contribution < 1.29 is 13.5 Å². The lowest BCUT2D eigenvalue weighted by atomic mass is 10.1. The van der Waals surface area contributed by atoms with Gasteiger partial charge >= 0.3 is 0 Å². The van der Waals surface area contributed by atoms with Gasteiger partial charge in [0.15, 0.2) is 0 Å². The molecule has 0 radical (unpaired) electrons. The van der Waals surface area contributed by atoms with Gasteiger partial charge in [-0.1, -0.05) is 60.7 Å². The first-order valence-corrected chi connectivity index (χ1v) is 8.23. The highest BCUT2D eigenvalue weighted by Gasteiger charge is 2.09. The maximum Gasteiger partial charge on any atom is 0.125 e. The first kappa shape index (κ1) is 17.6. The number of hydrogen-bond acceptors (Lipinski definition) is 1. The number of ether oxygens (including phenoxy) is 1. The maximum absolute atomic E-state index is 13.9. The Balaban J connectivity index is 1.51. The molecule has 0 bridgehead atoms. The van der Waals surface area contributed by atoms with E-state index in [1.54, 1.807) is 24.3 Å². The smallest absolute Gasteiger partial charge is 0.125 e. The monoisotopic (exact) mass is 318 g/mol. The second-order valence-corrected chi connectivity index (χ2v) is 5.65. The molecule has 0 aliphatic rings. The summed E-state index contributed by atoms with van der Waals surface area (Å²) in [5.41, 5.74) is 1.44. The number of hydrogen-bond donors (Lipinski definition) is 0. The highest BCUT2D eigenvalue weighted by atomic mass is 19.1. The van der Waals surface area contributed by atoms with E-state index in [-0.39, 0.29) is 0 Å². The molecule has 2 unspecified atom stereocenters. The first-order chi connectivity index (χ1) is 11.3. The summed E-state index contributed by atoms with van der Waals surface area (Å²) in [7, 11) is 0. The van der Waals surface area contributed by atoms with Crippen LogP contribution in [-0.2, 0) is 4.74 Å². The number of alkyl halides is 2. The Bertz CT molecular complexity index is 480. The lowest BCUT2D eigenvalue weighted by Gasteiger charge is -2.10. The van der Waals surface area contributed by atoms with Crippen LogP contribution in [0, 0.1) is 0 Å². The summed E-state index contributed by atoms with van der Waals surface area (Å²) in [4.78, 5) is 0. The molecule has 0 aliphatic heterocycles. The number of rotatable bonds is 10. The summed E-state index contributed by atoms with van der Waals surface area (Å²) in [5.74, 6) is 0. The standard InChI is InChI=1S/C20H24F2O/c21-19(17-9-3-1-4-10-17)13-7-15-23-16-8-14-20(22)18-11-5-2-6-12-18/h1-6,9-12,19-20H,7-8,13-16H2. The van der Waals surface area contributed by atoms with Gasteiger partial charge in [0.1, 0.15) is 12.3 Å². The molecule has 0 spiro atoms. The molecule has 0 heterocycles. The van der Waals surface area contributed by atoms with Crippen molar-refractivity contribution in [3.63, 3.8) is 0 Å². The van der Waals surface area contributed by atoms with Crippen LogP contribution in [0.3, 0.4) is 0 Å². The van der Waals surface area contributed by atoms with Crippen LogP contribution in [0.4, 0.5) is 8.78 Å². The fourth-order valence-corrected chi connectivity index (χ4v) is 2.49. The molecule has 0 fully saturated rings. The van der Waals surface area contributed by atoms with Gasteiger partial charge in [0.2, 0.25) is 0 Å². The van der Waals surface area contributed by atoms with Gasteiger partial charge in [0.25, 0.3) is 0 Å². The highest BCUT2D eigenvalue weighted by molar-refractivity contribution is 5.17. The van der Waals surface area contributed by atoms with Gasteiger partial charge in [-0.2, -0.15) is 0 Å². The Labute approximate surface area is 137 Å². The Morgan fingerprint density at radius 3 is 1.43 bits per heavy atom. The van der Waals surface area contributed by atoms with E-state index in [0.29, 0.717) is 38.9 Å². The van der Waals surface area contributed by atoms with Crippen molar-refractivity contribution in [3.05, 3.63) is 71.8 Å². The first-order valence-electron chi connectivity index (χ1n) is 8.23. The minimum atomic E-state index is -0.937. The largest absolute Gasteiger partial charge is 0.381 e. The van der Waals surface area contributed by atoms with Gasteiger partial charge in [-0.15, -0.1) is 0 Å². The minimum Gasteiger partial charge on any atom is -0.381 e. The fourth-order valence-electron chi connectivity index (χ4n) is 2.49. The molecule has 0 aliphatic carbocycles. The molecule has 0 saturated carbocycles. The van der Waals surface area contributed by atoms with Crippen LogP contribution in [0.2, 0.25) is 0 Å². The van der Waals surface area contributed by atoms with Gasteiger partial charge < -0.3 is 4.74 Å². The SMILES string of the molecule is FC(CCCOCCCC(F)c1ccccc1)c1ccccc1. The zero-order valence-corrected chi connectivity index (χ0v) is 13.3. The summed E-state index contributed by atoms with van der Waals surface area (Å²) in [5, 5.41) is 0. The molecule has 3 heteroatoms. The molecule has 0 saturated heterocycles. The molecule has 0 aromatic heterocycles. The summed E-state index contributed by atoms with van der Waals surface area (Å²) in [6, 6.07) is 18.4. The molecule has 0 amide bonds. The molecule has 2 aromatic rings. The average molecular weight is 318 g/mol. The second-order valence-electron chi connectivity index (χ2n) is 5.65. The van der Waals surface area contributed by atoms with Crippen LogP contribution in [-0.4, -0.2) is 13.2 Å². The zero-order valence-electron chi connectivity index (χ0n) is 13.3. The van der Waals surface area contributed by atoms with Crippen molar-refractivity contribution in [3.8, 4) is 0 Å². The van der Waals surface area contributed by atoms with E-state index in [4.69, 9.17) is 4.74 Å². The van der Waals surface area contributed by atoms with E-state index in [1.807, 2.05) is 36.4 Å². The van der Waals surface area contributed by atoms with E-state index < -0.39 is 12.3 Å². The van der Waals surface area contributed by atoms with Crippen LogP contribution in [0.1, 0.15) is 49.2 Å². The summed E-state index contributed by atoms with van der Waals surface area (Å²) in [6.07, 6.45) is 0.391. The molecule has 23 heavy (non-hydrogen) atoms. The van der Waals surface area contributed by atoms with Crippen molar-refractivity contribution in [2.24, 2.45) is 0 Å². The summed E-state index contributed by atoms with van der Waals surface area (Å²) < 4.78 is 33.3. The number of benzene rings is 2. The van der Waals surface area contributed by atoms with Crippen molar-refractivity contribution in [1.29, 1.82) is 0 Å². The molecule has 1 nitrogen and oxygen atoms in total. The molecule has 2 atom stereocenters. The second kappa shape index (κ2) is 10.1. The van der Waals surface area contributed by atoms with Gasteiger partial charge in [0, 0.05) is 13.2 Å². The third-order valence-corrected chi connectivity index (χ3v) is 3.82. The van der Waals surface area contributed by atoms with Crippen molar-refractivity contribution in [2.45, 2.75) is 38.0 Å². The van der Waals surface area contributed by atoms with Crippen molar-refractivity contribution in [1.82, 2.24) is 0 Å². The third-order valence-electron chi connectivity index (χ3n) is 3.82. The number of halogens is 2. The van der Waals surface area contributed by atoms with Gasteiger partial charge in [-0.25, -0.2) is 8.78 Å². The van der Waals surface area contributed by atoms with Crippen molar-refractivity contribution in [2.75, 3.05) is 13.2 Å². The van der Waals surface area contributed by atoms with Crippen LogP contribution in [0.15, 0.2) is 60.7 Å². The van der Waals surface area contributed by atoms with Crippen LogP contribution in [0.5, 0.6) is 0 Å². The van der Waals surface area contributed by atoms with Crippen LogP contribution >= 0.6 is 0 Å². The van der Waals surface area contributed by atoms with E-state index in [1.165, 1.54) is 0 Å². The minimum absolute atomic E-state index is 0.458. The Hall–Kier alpha value is -1.74. The van der Waals surface area contributed by atoms with E-state index in [0.717, 1.165) is 11.1 Å². The Kier molecular flexibility index (Phi) is 7.74.